The van der Waals surface area contributed by atoms with E-state index in [1.165, 1.54) is 0 Å². The lowest BCUT2D eigenvalue weighted by Gasteiger charge is -2.14. The molecule has 1 aliphatic rings. The van der Waals surface area contributed by atoms with Crippen molar-refractivity contribution in [2.24, 2.45) is 11.8 Å². The largest absolute Gasteiger partial charge is 0.481 e. The molecule has 7 nitrogen and oxygen atoms in total. The van der Waals surface area contributed by atoms with Crippen molar-refractivity contribution in [1.29, 1.82) is 0 Å². The molecule has 0 saturated carbocycles. The minimum absolute atomic E-state index is 0.212. The molecular weight excluding hydrogens is 318 g/mol. The second-order valence-corrected chi connectivity index (χ2v) is 6.82. The van der Waals surface area contributed by atoms with E-state index in [2.05, 4.69) is 20.3 Å². The van der Waals surface area contributed by atoms with Crippen LogP contribution in [0.25, 0.3) is 11.4 Å². The maximum absolute atomic E-state index is 11.1. The van der Waals surface area contributed by atoms with Gasteiger partial charge in [0.15, 0.2) is 0 Å². The van der Waals surface area contributed by atoms with Gasteiger partial charge in [-0.05, 0) is 30.5 Å². The second-order valence-electron chi connectivity index (χ2n) is 6.82. The highest BCUT2D eigenvalue weighted by Crippen LogP contribution is 2.23. The van der Waals surface area contributed by atoms with Crippen LogP contribution < -0.4 is 0 Å². The summed E-state index contributed by atoms with van der Waals surface area (Å²) in [6, 6.07) is 9.84. The van der Waals surface area contributed by atoms with Crippen molar-refractivity contribution >= 4 is 5.97 Å². The van der Waals surface area contributed by atoms with Crippen LogP contribution >= 0.6 is 0 Å². The van der Waals surface area contributed by atoms with Crippen molar-refractivity contribution in [3.05, 3.63) is 30.3 Å². The molecule has 0 radical (unpaired) electrons. The van der Waals surface area contributed by atoms with Gasteiger partial charge in [-0.3, -0.25) is 4.79 Å². The van der Waals surface area contributed by atoms with Gasteiger partial charge in [0.25, 0.3) is 0 Å². The number of likely N-dealkylation sites (tertiary alicyclic amines) is 1. The molecular formula is C18H25N5O2. The first-order valence-electron chi connectivity index (χ1n) is 8.92. The van der Waals surface area contributed by atoms with Crippen LogP contribution in [0.3, 0.4) is 0 Å². The van der Waals surface area contributed by atoms with Crippen molar-refractivity contribution in [2.45, 2.75) is 32.7 Å². The number of tetrazole rings is 1. The van der Waals surface area contributed by atoms with Crippen LogP contribution in [0.4, 0.5) is 0 Å². The highest BCUT2D eigenvalue weighted by atomic mass is 16.4. The lowest BCUT2D eigenvalue weighted by Crippen LogP contribution is -2.24. The van der Waals surface area contributed by atoms with Gasteiger partial charge in [-0.15, -0.1) is 10.2 Å². The monoisotopic (exact) mass is 343 g/mol. The number of carbonyl (C=O) groups is 1. The van der Waals surface area contributed by atoms with E-state index in [9.17, 15) is 9.90 Å². The zero-order valence-corrected chi connectivity index (χ0v) is 14.6. The van der Waals surface area contributed by atoms with E-state index in [1.54, 1.807) is 4.80 Å². The molecule has 25 heavy (non-hydrogen) atoms. The fourth-order valence-corrected chi connectivity index (χ4v) is 3.38. The number of nitrogens with zero attached hydrogens (tertiary/aromatic N) is 5. The van der Waals surface area contributed by atoms with Crippen molar-refractivity contribution in [3.8, 4) is 11.4 Å². The summed E-state index contributed by atoms with van der Waals surface area (Å²) in [5.41, 5.74) is 0.977. The van der Waals surface area contributed by atoms with Crippen LogP contribution in [-0.2, 0) is 11.3 Å². The third kappa shape index (κ3) is 4.63. The molecule has 0 amide bonds. The fraction of sp³-hybridized carbons (Fsp3) is 0.556. The lowest BCUT2D eigenvalue weighted by molar-refractivity contribution is -0.142. The van der Waals surface area contributed by atoms with Gasteiger partial charge in [0.1, 0.15) is 0 Å². The Hall–Kier alpha value is -2.28. The predicted octanol–water partition coefficient (Wildman–Crippen LogP) is 2.16. The number of unbranched alkanes of at least 4 members (excludes halogenated alkanes) is 2. The Morgan fingerprint density at radius 1 is 1.16 bits per heavy atom. The van der Waals surface area contributed by atoms with Gasteiger partial charge >= 0.3 is 5.97 Å². The summed E-state index contributed by atoms with van der Waals surface area (Å²) in [4.78, 5) is 15.1. The average molecular weight is 343 g/mol. The molecule has 0 aliphatic carbocycles. The van der Waals surface area contributed by atoms with E-state index in [4.69, 9.17) is 0 Å². The first-order chi connectivity index (χ1) is 12.1. The van der Waals surface area contributed by atoms with Crippen molar-refractivity contribution in [1.82, 2.24) is 25.1 Å². The van der Waals surface area contributed by atoms with Gasteiger partial charge in [-0.25, -0.2) is 0 Å². The van der Waals surface area contributed by atoms with Gasteiger partial charge in [0.2, 0.25) is 5.82 Å². The Labute approximate surface area is 147 Å². The van der Waals surface area contributed by atoms with Gasteiger partial charge in [-0.2, -0.15) is 4.80 Å². The Morgan fingerprint density at radius 3 is 2.64 bits per heavy atom. The summed E-state index contributed by atoms with van der Waals surface area (Å²) in [6.45, 7) is 5.32. The molecule has 0 spiro atoms. The maximum Gasteiger partial charge on any atom is 0.308 e. The van der Waals surface area contributed by atoms with Crippen LogP contribution in [0, 0.1) is 11.8 Å². The van der Waals surface area contributed by atoms with Gasteiger partial charge in [0, 0.05) is 18.7 Å². The normalized spacial score (nSPS) is 20.8. The lowest BCUT2D eigenvalue weighted by atomic mass is 9.99. The van der Waals surface area contributed by atoms with Crippen LogP contribution in [0.1, 0.15) is 26.2 Å². The van der Waals surface area contributed by atoms with Crippen molar-refractivity contribution < 1.29 is 9.90 Å². The molecule has 1 aromatic carbocycles. The summed E-state index contributed by atoms with van der Waals surface area (Å²) in [5.74, 6) is 0.0249. The minimum atomic E-state index is -0.665. The van der Waals surface area contributed by atoms with E-state index in [1.807, 2.05) is 37.3 Å². The smallest absolute Gasteiger partial charge is 0.308 e. The predicted molar refractivity (Wildman–Crippen MR) is 93.8 cm³/mol. The van der Waals surface area contributed by atoms with Crippen molar-refractivity contribution in [3.63, 3.8) is 0 Å². The number of aryl methyl sites for hydroxylation is 1. The second kappa shape index (κ2) is 8.20. The topological polar surface area (TPSA) is 84.1 Å². The van der Waals surface area contributed by atoms with Crippen molar-refractivity contribution in [2.75, 3.05) is 19.6 Å². The number of aromatic nitrogens is 4. The Balaban J connectivity index is 1.36. The summed E-state index contributed by atoms with van der Waals surface area (Å²) in [7, 11) is 0. The first kappa shape index (κ1) is 17.5. The number of hydrogen-bond donors (Lipinski definition) is 1. The third-order valence-corrected chi connectivity index (χ3v) is 4.82. The number of carboxylic acid groups (broad SMARTS) is 1. The molecule has 3 rings (SSSR count). The quantitative estimate of drug-likeness (QED) is 0.740. The molecule has 0 unspecified atom stereocenters. The van der Waals surface area contributed by atoms with Crippen LogP contribution in [0.15, 0.2) is 30.3 Å². The van der Waals surface area contributed by atoms with Crippen LogP contribution in [0.2, 0.25) is 0 Å². The molecule has 7 heteroatoms. The summed E-state index contributed by atoms with van der Waals surface area (Å²) < 4.78 is 0. The number of hydrogen-bond acceptors (Lipinski definition) is 5. The number of rotatable bonds is 8. The molecule has 0 bridgehead atoms. The molecule has 1 N–H and O–H groups in total. The minimum Gasteiger partial charge on any atom is -0.481 e. The summed E-state index contributed by atoms with van der Waals surface area (Å²) >= 11 is 0. The SMILES string of the molecule is C[C@@H]1CN(CCCCCn2nnc(-c3ccccc3)n2)C[C@H]1C(=O)O. The number of benzene rings is 1. The summed E-state index contributed by atoms with van der Waals surface area (Å²) in [5, 5.41) is 21.8. The fourth-order valence-electron chi connectivity index (χ4n) is 3.38. The van der Waals surface area contributed by atoms with E-state index in [-0.39, 0.29) is 11.8 Å². The Kier molecular flexibility index (Phi) is 5.75. The Bertz CT molecular complexity index is 688. The highest BCUT2D eigenvalue weighted by Gasteiger charge is 2.34. The van der Waals surface area contributed by atoms with E-state index >= 15 is 0 Å². The van der Waals surface area contributed by atoms with E-state index in [0.29, 0.717) is 12.4 Å². The standard InChI is InChI=1S/C18H25N5O2/c1-14-12-22(13-16(14)18(24)25)10-6-3-7-11-23-20-17(19-21-23)15-8-4-2-5-9-15/h2,4-5,8-9,14,16H,3,6-7,10-13H2,1H3,(H,24,25)/t14-,16-/m1/s1. The highest BCUT2D eigenvalue weighted by molar-refractivity contribution is 5.71. The molecule has 2 atom stereocenters. The number of aliphatic carboxylic acids is 1. The molecule has 134 valence electrons. The molecule has 1 fully saturated rings. The van der Waals surface area contributed by atoms with Gasteiger partial charge in [-0.1, -0.05) is 43.7 Å². The van der Waals surface area contributed by atoms with Gasteiger partial charge < -0.3 is 10.0 Å². The molecule has 1 aliphatic heterocycles. The molecule has 1 aromatic heterocycles. The molecule has 1 saturated heterocycles. The van der Waals surface area contributed by atoms with Crippen LogP contribution in [-0.4, -0.2) is 55.8 Å². The molecule has 2 heterocycles. The zero-order valence-electron chi connectivity index (χ0n) is 14.6. The zero-order chi connectivity index (χ0) is 17.6. The Morgan fingerprint density at radius 2 is 1.92 bits per heavy atom. The third-order valence-electron chi connectivity index (χ3n) is 4.82. The maximum atomic E-state index is 11.1. The number of carboxylic acids is 1. The van der Waals surface area contributed by atoms with Crippen LogP contribution in [0.5, 0.6) is 0 Å². The van der Waals surface area contributed by atoms with E-state index in [0.717, 1.165) is 44.5 Å². The average Bonchev–Trinajstić information content (AvgIpc) is 3.22. The van der Waals surface area contributed by atoms with E-state index < -0.39 is 5.97 Å². The summed E-state index contributed by atoms with van der Waals surface area (Å²) in [6.07, 6.45) is 3.14. The molecule has 2 aromatic rings. The van der Waals surface area contributed by atoms with Gasteiger partial charge in [0.05, 0.1) is 12.5 Å². The first-order valence-corrected chi connectivity index (χ1v) is 8.92.